The molecule has 1 saturated heterocycles. The minimum Gasteiger partial charge on any atom is -0.494 e. The van der Waals surface area contributed by atoms with Gasteiger partial charge in [-0.3, -0.25) is 19.3 Å². The molecular weight excluding hydrogens is 276 g/mol. The van der Waals surface area contributed by atoms with Gasteiger partial charge in [-0.2, -0.15) is 0 Å². The minimum atomic E-state index is -1.20. The Morgan fingerprint density at radius 2 is 1.76 bits per heavy atom. The van der Waals surface area contributed by atoms with Crippen LogP contribution in [0.3, 0.4) is 0 Å². The highest BCUT2D eigenvalue weighted by molar-refractivity contribution is 6.04. The van der Waals surface area contributed by atoms with Gasteiger partial charge in [0.1, 0.15) is 12.3 Å². The van der Waals surface area contributed by atoms with Gasteiger partial charge in [0.25, 0.3) is 0 Å². The predicted octanol–water partition coefficient (Wildman–Crippen LogP) is 0.345. The first kappa shape index (κ1) is 14.8. The van der Waals surface area contributed by atoms with Crippen molar-refractivity contribution in [3.05, 3.63) is 24.3 Å². The number of rotatable bonds is 5. The lowest BCUT2D eigenvalue weighted by atomic mass is 10.2. The fourth-order valence-corrected chi connectivity index (χ4v) is 2.11. The van der Waals surface area contributed by atoms with Crippen molar-refractivity contribution in [1.82, 2.24) is 4.90 Å². The van der Waals surface area contributed by atoms with E-state index < -0.39 is 24.3 Å². The van der Waals surface area contributed by atoms with E-state index in [0.29, 0.717) is 12.4 Å². The summed E-state index contributed by atoms with van der Waals surface area (Å²) in [4.78, 5) is 36.8. The molecule has 1 aromatic carbocycles. The van der Waals surface area contributed by atoms with Crippen LogP contribution < -0.4 is 9.64 Å². The van der Waals surface area contributed by atoms with E-state index >= 15 is 0 Å². The Balaban J connectivity index is 2.08. The molecule has 1 fully saturated rings. The van der Waals surface area contributed by atoms with Crippen LogP contribution in [-0.4, -0.2) is 54.0 Å². The SMILES string of the molecule is CCOc1ccc(N2CC(=O)N(CC(=O)O)C(=O)C2)cc1. The molecule has 2 rings (SSSR count). The average molecular weight is 292 g/mol. The van der Waals surface area contributed by atoms with E-state index in [1.165, 1.54) is 0 Å². The molecule has 1 aliphatic heterocycles. The fraction of sp³-hybridized carbons (Fsp3) is 0.357. The molecule has 1 aliphatic rings. The van der Waals surface area contributed by atoms with Crippen LogP contribution in [-0.2, 0) is 14.4 Å². The summed E-state index contributed by atoms with van der Waals surface area (Å²) >= 11 is 0. The maximum absolute atomic E-state index is 11.9. The third-order valence-corrected chi connectivity index (χ3v) is 3.06. The zero-order chi connectivity index (χ0) is 15.4. The number of hydrogen-bond donors (Lipinski definition) is 1. The molecule has 7 heteroatoms. The highest BCUT2D eigenvalue weighted by Crippen LogP contribution is 2.21. The number of ether oxygens (including phenoxy) is 1. The number of carbonyl (C=O) groups excluding carboxylic acids is 2. The summed E-state index contributed by atoms with van der Waals surface area (Å²) in [6, 6.07) is 7.05. The number of imide groups is 1. The Morgan fingerprint density at radius 3 is 2.24 bits per heavy atom. The Labute approximate surface area is 121 Å². The fourth-order valence-electron chi connectivity index (χ4n) is 2.11. The monoisotopic (exact) mass is 292 g/mol. The number of carboxylic acid groups (broad SMARTS) is 1. The molecule has 2 amide bonds. The van der Waals surface area contributed by atoms with Gasteiger partial charge in [0.05, 0.1) is 19.7 Å². The van der Waals surface area contributed by atoms with E-state index in [-0.39, 0.29) is 13.1 Å². The third-order valence-electron chi connectivity index (χ3n) is 3.06. The molecule has 0 unspecified atom stereocenters. The second-order valence-corrected chi connectivity index (χ2v) is 4.55. The number of hydrogen-bond acceptors (Lipinski definition) is 5. The number of benzene rings is 1. The van der Waals surface area contributed by atoms with Crippen molar-refractivity contribution in [2.24, 2.45) is 0 Å². The number of carbonyl (C=O) groups is 3. The first-order chi connectivity index (χ1) is 10.0. The molecule has 0 atom stereocenters. The summed E-state index contributed by atoms with van der Waals surface area (Å²) in [5.74, 6) is -1.51. The molecule has 7 nitrogen and oxygen atoms in total. The highest BCUT2D eigenvalue weighted by Gasteiger charge is 2.32. The molecule has 0 radical (unpaired) electrons. The van der Waals surface area contributed by atoms with E-state index in [0.717, 1.165) is 10.6 Å². The van der Waals surface area contributed by atoms with Crippen LogP contribution in [0.5, 0.6) is 5.75 Å². The average Bonchev–Trinajstić information content (AvgIpc) is 2.43. The van der Waals surface area contributed by atoms with Crippen LogP contribution in [0.25, 0.3) is 0 Å². The Bertz CT molecular complexity index is 537. The Kier molecular flexibility index (Phi) is 4.42. The van der Waals surface area contributed by atoms with Crippen molar-refractivity contribution in [3.8, 4) is 5.75 Å². The van der Waals surface area contributed by atoms with Gasteiger partial charge >= 0.3 is 5.97 Å². The summed E-state index contributed by atoms with van der Waals surface area (Å²) in [5, 5.41) is 8.69. The van der Waals surface area contributed by atoms with Crippen LogP contribution in [0.4, 0.5) is 5.69 Å². The quantitative estimate of drug-likeness (QED) is 0.788. The maximum atomic E-state index is 11.9. The molecule has 1 N–H and O–H groups in total. The Morgan fingerprint density at radius 1 is 1.19 bits per heavy atom. The molecular formula is C14H16N2O5. The van der Waals surface area contributed by atoms with Gasteiger partial charge < -0.3 is 14.7 Å². The van der Waals surface area contributed by atoms with Crippen LogP contribution >= 0.6 is 0 Å². The zero-order valence-corrected chi connectivity index (χ0v) is 11.6. The summed E-state index contributed by atoms with van der Waals surface area (Å²) in [7, 11) is 0. The van der Waals surface area contributed by atoms with Crippen molar-refractivity contribution in [2.45, 2.75) is 6.92 Å². The molecule has 1 aromatic rings. The minimum absolute atomic E-state index is 0.0208. The molecule has 1 heterocycles. The second-order valence-electron chi connectivity index (χ2n) is 4.55. The maximum Gasteiger partial charge on any atom is 0.323 e. The molecule has 0 aliphatic carbocycles. The van der Waals surface area contributed by atoms with Gasteiger partial charge in [0.2, 0.25) is 11.8 Å². The largest absolute Gasteiger partial charge is 0.494 e. The van der Waals surface area contributed by atoms with Gasteiger partial charge in [0, 0.05) is 5.69 Å². The topological polar surface area (TPSA) is 87.2 Å². The van der Waals surface area contributed by atoms with Crippen molar-refractivity contribution >= 4 is 23.5 Å². The molecule has 0 bridgehead atoms. The number of piperazine rings is 1. The number of aliphatic carboxylic acids is 1. The van der Waals surface area contributed by atoms with Crippen LogP contribution in [0, 0.1) is 0 Å². The second kappa shape index (κ2) is 6.25. The molecule has 21 heavy (non-hydrogen) atoms. The first-order valence-corrected chi connectivity index (χ1v) is 6.54. The van der Waals surface area contributed by atoms with Crippen LogP contribution in [0.1, 0.15) is 6.92 Å². The van der Waals surface area contributed by atoms with Crippen molar-refractivity contribution in [2.75, 3.05) is 31.1 Å². The lowest BCUT2D eigenvalue weighted by Crippen LogP contribution is -2.55. The lowest BCUT2D eigenvalue weighted by molar-refractivity contribution is -0.153. The van der Waals surface area contributed by atoms with E-state index in [1.807, 2.05) is 6.92 Å². The first-order valence-electron chi connectivity index (χ1n) is 6.54. The smallest absolute Gasteiger partial charge is 0.323 e. The van der Waals surface area contributed by atoms with E-state index in [1.54, 1.807) is 29.2 Å². The van der Waals surface area contributed by atoms with Crippen LogP contribution in [0.15, 0.2) is 24.3 Å². The standard InChI is InChI=1S/C14H16N2O5/c1-2-21-11-5-3-10(4-6-11)15-7-12(17)16(9-14(19)20)13(18)8-15/h3-6H,2,7-9H2,1H3,(H,19,20). The van der Waals surface area contributed by atoms with Crippen LogP contribution in [0.2, 0.25) is 0 Å². The zero-order valence-electron chi connectivity index (χ0n) is 11.6. The van der Waals surface area contributed by atoms with E-state index in [4.69, 9.17) is 9.84 Å². The van der Waals surface area contributed by atoms with E-state index in [2.05, 4.69) is 0 Å². The third kappa shape index (κ3) is 3.50. The Hall–Kier alpha value is -2.57. The van der Waals surface area contributed by atoms with Gasteiger partial charge in [-0.1, -0.05) is 0 Å². The van der Waals surface area contributed by atoms with E-state index in [9.17, 15) is 14.4 Å². The van der Waals surface area contributed by atoms with Gasteiger partial charge in [-0.05, 0) is 31.2 Å². The summed E-state index contributed by atoms with van der Waals surface area (Å²) < 4.78 is 5.33. The molecule has 112 valence electrons. The summed E-state index contributed by atoms with van der Waals surface area (Å²) in [6.07, 6.45) is 0. The van der Waals surface area contributed by atoms with Gasteiger partial charge in [0.15, 0.2) is 0 Å². The number of amides is 2. The number of nitrogens with zero attached hydrogens (tertiary/aromatic N) is 2. The summed E-state index contributed by atoms with van der Waals surface area (Å²) in [6.45, 7) is 1.81. The van der Waals surface area contributed by atoms with Gasteiger partial charge in [-0.15, -0.1) is 0 Å². The normalized spacial score (nSPS) is 15.3. The summed E-state index contributed by atoms with van der Waals surface area (Å²) in [5.41, 5.74) is 0.718. The van der Waals surface area contributed by atoms with Crippen molar-refractivity contribution in [1.29, 1.82) is 0 Å². The number of carboxylic acids is 1. The lowest BCUT2D eigenvalue weighted by Gasteiger charge is -2.33. The van der Waals surface area contributed by atoms with Crippen molar-refractivity contribution in [3.63, 3.8) is 0 Å². The van der Waals surface area contributed by atoms with Crippen molar-refractivity contribution < 1.29 is 24.2 Å². The highest BCUT2D eigenvalue weighted by atomic mass is 16.5. The molecule has 0 spiro atoms. The molecule has 0 saturated carbocycles. The molecule has 0 aromatic heterocycles. The predicted molar refractivity (Wildman–Crippen MR) is 74.2 cm³/mol. The number of anilines is 1. The van der Waals surface area contributed by atoms with Gasteiger partial charge in [-0.25, -0.2) is 0 Å².